The molecule has 0 nitrogen and oxygen atoms in total. The number of hydrogen-bond donors (Lipinski definition) is 0. The van der Waals surface area contributed by atoms with Crippen LogP contribution in [0.25, 0.3) is 0 Å². The first-order chi connectivity index (χ1) is 5.41. The van der Waals surface area contributed by atoms with Crippen LogP contribution >= 0.6 is 0 Å². The summed E-state index contributed by atoms with van der Waals surface area (Å²) >= 11 is -2.36. The topological polar surface area (TPSA) is 0 Å². The van der Waals surface area contributed by atoms with Crippen LogP contribution in [0.15, 0.2) is 0 Å². The molecule has 0 bridgehead atoms. The molecular weight excluding hydrogens is 265 g/mol. The molecule has 2 heteroatoms. The van der Waals surface area contributed by atoms with E-state index in [1.54, 1.807) is 33.9 Å². The van der Waals surface area contributed by atoms with Gasteiger partial charge in [0.2, 0.25) is 0 Å². The minimum atomic E-state index is -1.18. The molecule has 0 aromatic carbocycles. The minimum absolute atomic E-state index is 1.18. The molecule has 0 unspecified atom stereocenters. The van der Waals surface area contributed by atoms with Gasteiger partial charge in [0.25, 0.3) is 0 Å². The zero-order valence-corrected chi connectivity index (χ0v) is 13.4. The van der Waals surface area contributed by atoms with Gasteiger partial charge in [-0.05, 0) is 0 Å². The predicted octanol–water partition coefficient (Wildman–Crippen LogP) is 4.20. The summed E-state index contributed by atoms with van der Waals surface area (Å²) in [6.45, 7) is 0. The van der Waals surface area contributed by atoms with E-state index in [0.29, 0.717) is 0 Å². The van der Waals surface area contributed by atoms with Crippen molar-refractivity contribution in [1.29, 1.82) is 0 Å². The standard InChI is InChI=1S/C10H24Ge2/c1-11(2)7-5-9-12(3,4)10-6-8-11/h5-10H2,1-4H3. The molecule has 0 spiro atoms. The second-order valence-corrected chi connectivity index (χ2v) is 28.4. The monoisotopic (exact) mass is 292 g/mol. The fraction of sp³-hybridized carbons (Fsp3) is 1.00. The van der Waals surface area contributed by atoms with E-state index < -0.39 is 26.5 Å². The summed E-state index contributed by atoms with van der Waals surface area (Å²) < 4.78 is 0. The molecular formula is C10H24Ge2. The van der Waals surface area contributed by atoms with Crippen LogP contribution in [0, 0.1) is 0 Å². The van der Waals surface area contributed by atoms with E-state index in [1.807, 2.05) is 0 Å². The van der Waals surface area contributed by atoms with Gasteiger partial charge >= 0.3 is 83.4 Å². The Balaban J connectivity index is 2.45. The van der Waals surface area contributed by atoms with Gasteiger partial charge in [0.05, 0.1) is 0 Å². The van der Waals surface area contributed by atoms with Crippen molar-refractivity contribution < 1.29 is 0 Å². The Labute approximate surface area is 83.2 Å². The van der Waals surface area contributed by atoms with Gasteiger partial charge in [0.1, 0.15) is 0 Å². The second-order valence-electron chi connectivity index (χ2n) is 6.04. The van der Waals surface area contributed by atoms with E-state index in [2.05, 4.69) is 23.0 Å². The van der Waals surface area contributed by atoms with Gasteiger partial charge in [0, 0.05) is 0 Å². The van der Waals surface area contributed by atoms with Crippen LogP contribution in [0.3, 0.4) is 0 Å². The van der Waals surface area contributed by atoms with E-state index in [4.69, 9.17) is 0 Å². The first-order valence-corrected chi connectivity index (χ1v) is 19.7. The molecule has 1 aliphatic rings. The van der Waals surface area contributed by atoms with Gasteiger partial charge in [-0.25, -0.2) is 0 Å². The van der Waals surface area contributed by atoms with Crippen LogP contribution in [0.5, 0.6) is 0 Å². The van der Waals surface area contributed by atoms with Crippen molar-refractivity contribution in [3.63, 3.8) is 0 Å². The molecule has 1 heterocycles. The van der Waals surface area contributed by atoms with Crippen molar-refractivity contribution in [2.75, 3.05) is 0 Å². The van der Waals surface area contributed by atoms with Gasteiger partial charge in [-0.1, -0.05) is 0 Å². The van der Waals surface area contributed by atoms with Gasteiger partial charge < -0.3 is 0 Å². The van der Waals surface area contributed by atoms with Crippen molar-refractivity contribution in [3.8, 4) is 0 Å². The van der Waals surface area contributed by atoms with Crippen molar-refractivity contribution >= 4 is 26.5 Å². The summed E-state index contributed by atoms with van der Waals surface area (Å²) in [4.78, 5) is 0. The predicted molar refractivity (Wildman–Crippen MR) is 63.4 cm³/mol. The van der Waals surface area contributed by atoms with Crippen molar-refractivity contribution in [2.45, 2.75) is 56.9 Å². The van der Waals surface area contributed by atoms with E-state index in [-0.39, 0.29) is 0 Å². The van der Waals surface area contributed by atoms with E-state index >= 15 is 0 Å². The Morgan fingerprint density at radius 3 is 1.08 bits per heavy atom. The van der Waals surface area contributed by atoms with Crippen LogP contribution in [-0.4, -0.2) is 26.5 Å². The first-order valence-electron chi connectivity index (χ1n) is 5.41. The second kappa shape index (κ2) is 4.08. The first kappa shape index (κ1) is 11.2. The molecule has 0 N–H and O–H groups in total. The van der Waals surface area contributed by atoms with E-state index in [0.717, 1.165) is 0 Å². The molecule has 0 radical (unpaired) electrons. The van der Waals surface area contributed by atoms with Crippen LogP contribution in [0.4, 0.5) is 0 Å². The number of hydrogen-bond acceptors (Lipinski definition) is 0. The average molecular weight is 290 g/mol. The Hall–Kier alpha value is 1.09. The normalized spacial score (nSPS) is 29.0. The summed E-state index contributed by atoms with van der Waals surface area (Å²) in [5.41, 5.74) is 0. The Bertz CT molecular complexity index is 120. The Morgan fingerprint density at radius 2 is 0.833 bits per heavy atom. The zero-order chi connectivity index (χ0) is 9.24. The Kier molecular flexibility index (Phi) is 3.79. The van der Waals surface area contributed by atoms with Crippen molar-refractivity contribution in [3.05, 3.63) is 0 Å². The molecule has 1 saturated heterocycles. The summed E-state index contributed by atoms with van der Waals surface area (Å²) in [6, 6.07) is 0. The van der Waals surface area contributed by atoms with Gasteiger partial charge in [-0.2, -0.15) is 0 Å². The van der Waals surface area contributed by atoms with Gasteiger partial charge in [-0.3, -0.25) is 0 Å². The maximum atomic E-state index is 2.63. The molecule has 1 rings (SSSR count). The zero-order valence-electron chi connectivity index (χ0n) is 9.24. The molecule has 0 aromatic rings. The molecule has 0 aromatic heterocycles. The van der Waals surface area contributed by atoms with Crippen LogP contribution < -0.4 is 0 Å². The van der Waals surface area contributed by atoms with E-state index in [1.165, 1.54) is 0 Å². The third-order valence-corrected chi connectivity index (χ3v) is 17.7. The maximum absolute atomic E-state index is 2.63. The summed E-state index contributed by atoms with van der Waals surface area (Å²) in [7, 11) is 0. The fourth-order valence-corrected chi connectivity index (χ4v) is 16.0. The molecule has 0 atom stereocenters. The summed E-state index contributed by atoms with van der Waals surface area (Å²) in [6.07, 6.45) is 3.19. The van der Waals surface area contributed by atoms with Crippen LogP contribution in [0.1, 0.15) is 12.8 Å². The Morgan fingerprint density at radius 1 is 0.583 bits per heavy atom. The fourth-order valence-electron chi connectivity index (χ4n) is 2.34. The van der Waals surface area contributed by atoms with Gasteiger partial charge in [0.15, 0.2) is 0 Å². The SMILES string of the molecule is [CH3][Ge]1([CH3])[CH2]C[CH2][Ge]([CH3])([CH3])[CH2]C[CH2]1. The average Bonchev–Trinajstić information content (AvgIpc) is 1.82. The third kappa shape index (κ3) is 3.86. The molecule has 0 amide bonds. The molecule has 1 aliphatic heterocycles. The summed E-state index contributed by atoms with van der Waals surface area (Å²) in [5, 5.41) is 6.65. The molecule has 1 fully saturated rings. The van der Waals surface area contributed by atoms with Crippen LogP contribution in [0.2, 0.25) is 44.0 Å². The molecule has 0 aliphatic carbocycles. The van der Waals surface area contributed by atoms with Crippen molar-refractivity contribution in [2.24, 2.45) is 0 Å². The number of rotatable bonds is 0. The van der Waals surface area contributed by atoms with Crippen molar-refractivity contribution in [1.82, 2.24) is 0 Å². The molecule has 72 valence electrons. The van der Waals surface area contributed by atoms with Crippen LogP contribution in [-0.2, 0) is 0 Å². The third-order valence-electron chi connectivity index (χ3n) is 3.41. The molecule has 0 saturated carbocycles. The quantitative estimate of drug-likeness (QED) is 0.586. The van der Waals surface area contributed by atoms with E-state index in [9.17, 15) is 0 Å². The molecule has 12 heavy (non-hydrogen) atoms. The summed E-state index contributed by atoms with van der Waals surface area (Å²) in [5.74, 6) is 10.5. The van der Waals surface area contributed by atoms with Gasteiger partial charge in [-0.15, -0.1) is 0 Å².